The topological polar surface area (TPSA) is 207 Å². The number of pyridine rings is 6. The number of rotatable bonds is 10. The minimum Gasteiger partial charge on any atom is -0.508 e. The molecule has 2 aliphatic heterocycles. The molecule has 0 unspecified atom stereocenters. The van der Waals surface area contributed by atoms with Crippen molar-refractivity contribution in [2.45, 2.75) is 13.8 Å². The summed E-state index contributed by atoms with van der Waals surface area (Å²) in [5, 5.41) is 43.0. The first-order chi connectivity index (χ1) is 39.7. The predicted octanol–water partition coefficient (Wildman–Crippen LogP) is 10.8. The number of phenols is 2. The van der Waals surface area contributed by atoms with Crippen LogP contribution in [-0.2, 0) is 9.47 Å². The summed E-state index contributed by atoms with van der Waals surface area (Å²) in [5.41, 5.74) is 8.43. The van der Waals surface area contributed by atoms with Crippen LogP contribution in [0.1, 0.15) is 11.1 Å². The fraction of sp³-hybridized carbons (Fsp3) is 0.167. The Balaban J connectivity index is 0.000000159. The second kappa shape index (κ2) is 25.5. The van der Waals surface area contributed by atoms with Gasteiger partial charge in [0.25, 0.3) is 0 Å². The van der Waals surface area contributed by atoms with E-state index >= 15 is 8.78 Å². The average Bonchev–Trinajstić information content (AvgIpc) is 3.52. The van der Waals surface area contributed by atoms with Crippen LogP contribution in [0.2, 0.25) is 0 Å². The first kappa shape index (κ1) is 56.7. The van der Waals surface area contributed by atoms with Crippen LogP contribution in [0.25, 0.3) is 55.7 Å². The summed E-state index contributed by atoms with van der Waals surface area (Å²) >= 11 is 2.19. The number of ether oxygens (including phenoxy) is 2. The Morgan fingerprint density at radius 1 is 0.549 bits per heavy atom. The molecule has 0 aliphatic carbocycles. The Kier molecular flexibility index (Phi) is 17.6. The van der Waals surface area contributed by atoms with Crippen molar-refractivity contribution in [2.24, 2.45) is 0 Å². The molecule has 10 aromatic rings. The number of aromatic nitrogens is 6. The number of aromatic hydroxyl groups is 2. The van der Waals surface area contributed by atoms with Gasteiger partial charge in [0.2, 0.25) is 0 Å². The highest BCUT2D eigenvalue weighted by molar-refractivity contribution is 14.1. The van der Waals surface area contributed by atoms with E-state index in [4.69, 9.17) is 29.6 Å². The van der Waals surface area contributed by atoms with Gasteiger partial charge < -0.3 is 50.2 Å². The average molecular weight is 1220 g/mol. The van der Waals surface area contributed by atoms with Crippen molar-refractivity contribution in [3.63, 3.8) is 0 Å². The lowest BCUT2D eigenvalue weighted by atomic mass is 9.80. The predicted molar refractivity (Wildman–Crippen MR) is 318 cm³/mol. The molecule has 8 heterocycles. The summed E-state index contributed by atoms with van der Waals surface area (Å²) in [6.07, 6.45) is 6.86. The molecule has 4 aromatic carbocycles. The molecule has 0 amide bonds. The molecule has 12 rings (SSSR count). The highest BCUT2D eigenvalue weighted by Gasteiger charge is 2.24. The number of benzene rings is 4. The quantitative estimate of drug-likeness (QED) is 0.0428. The first-order valence-corrected chi connectivity index (χ1v) is 27.0. The standard InChI is InChI=1S/C30H25F2N5O2.C24H20F2IN5O.C6H7BO3/c1-18-29(24-4-2-3-9-33-24)36-26-15-20(31)14-23(32)28(26)30(18)35-25-16-27(37-10-12-39-13-11-37)34-17-22(25)19-5-7-21(38)8-6-19;1-14-23(18-4-2-3-5-28-18)31-20-11-15(25)10-16(26)22(20)24(14)30-19-12-21(29-13-17(19)27)32-6-8-33-9-7-32;8-6-3-1-5(2-4-6)7(9)10/h2-9,14-17,38H,10-13H2,1H3,(H,34,35,36);2-5,10-13H,6-9H2,1H3,(H,29,30,31);1-4,8-10H. The van der Waals surface area contributed by atoms with E-state index in [1.165, 1.54) is 36.4 Å². The minimum absolute atomic E-state index is 0.115. The summed E-state index contributed by atoms with van der Waals surface area (Å²) in [4.78, 5) is 31.5. The Morgan fingerprint density at radius 2 is 1.00 bits per heavy atom. The van der Waals surface area contributed by atoms with Crippen molar-refractivity contribution in [2.75, 3.05) is 73.0 Å². The van der Waals surface area contributed by atoms with Crippen molar-refractivity contribution in [3.05, 3.63) is 184 Å². The Morgan fingerprint density at radius 3 is 1.46 bits per heavy atom. The number of morpholine rings is 2. The Bertz CT molecular complexity index is 3890. The molecule has 22 heteroatoms. The molecule has 0 bridgehead atoms. The molecule has 2 saturated heterocycles. The lowest BCUT2D eigenvalue weighted by Crippen LogP contribution is -2.36. The lowest BCUT2D eigenvalue weighted by Gasteiger charge is -2.28. The number of phenolic OH excluding ortho intramolecular Hbond substituents is 2. The molecule has 6 aromatic heterocycles. The number of hydrogen-bond acceptors (Lipinski definition) is 16. The van der Waals surface area contributed by atoms with E-state index in [0.29, 0.717) is 95.9 Å². The van der Waals surface area contributed by atoms with E-state index in [0.717, 1.165) is 57.2 Å². The smallest absolute Gasteiger partial charge is 0.488 e. The maximum Gasteiger partial charge on any atom is 0.488 e. The van der Waals surface area contributed by atoms with Gasteiger partial charge in [0.05, 0.1) is 97.3 Å². The van der Waals surface area contributed by atoms with Crippen LogP contribution in [0, 0.1) is 40.7 Å². The van der Waals surface area contributed by atoms with Gasteiger partial charge in [-0.05, 0) is 96.0 Å². The number of halogens is 5. The van der Waals surface area contributed by atoms with Gasteiger partial charge in [-0.2, -0.15) is 0 Å². The monoisotopic (exact) mass is 1220 g/mol. The van der Waals surface area contributed by atoms with Gasteiger partial charge >= 0.3 is 7.12 Å². The number of nitrogens with zero attached hydrogens (tertiary/aromatic N) is 8. The minimum atomic E-state index is -1.46. The number of nitrogens with one attached hydrogen (secondary N) is 2. The van der Waals surface area contributed by atoms with Crippen LogP contribution in [0.5, 0.6) is 11.5 Å². The number of anilines is 6. The molecule has 0 radical (unpaired) electrons. The zero-order valence-corrected chi connectivity index (χ0v) is 46.3. The summed E-state index contributed by atoms with van der Waals surface area (Å²) in [7, 11) is -1.46. The van der Waals surface area contributed by atoms with Crippen molar-refractivity contribution in [3.8, 4) is 45.4 Å². The van der Waals surface area contributed by atoms with Gasteiger partial charge in [0.15, 0.2) is 0 Å². The van der Waals surface area contributed by atoms with Gasteiger partial charge in [-0.25, -0.2) is 37.5 Å². The molecular weight excluding hydrogens is 1170 g/mol. The third kappa shape index (κ3) is 13.0. The SMILES string of the molecule is Cc1c(-c2ccccn2)nc2cc(F)cc(F)c2c1Nc1cc(N2CCOCC2)ncc1-c1ccc(O)cc1.Cc1c(-c2ccccn2)nc2cc(F)cc(F)c2c1Nc1cc(N2CCOCC2)ncc1I.OB(O)c1ccc(O)cc1. The van der Waals surface area contributed by atoms with Crippen molar-refractivity contribution < 1.29 is 47.3 Å². The van der Waals surface area contributed by atoms with E-state index in [-0.39, 0.29) is 33.3 Å². The molecule has 2 aliphatic rings. The molecule has 6 N–H and O–H groups in total. The van der Waals surface area contributed by atoms with E-state index < -0.39 is 30.4 Å². The number of hydrogen-bond donors (Lipinski definition) is 6. The second-order valence-corrected chi connectivity index (χ2v) is 20.1. The molecule has 0 atom stereocenters. The van der Waals surface area contributed by atoms with Gasteiger partial charge in [-0.1, -0.05) is 36.4 Å². The molecule has 82 heavy (non-hydrogen) atoms. The van der Waals surface area contributed by atoms with Crippen molar-refractivity contribution in [1.82, 2.24) is 29.9 Å². The van der Waals surface area contributed by atoms with Gasteiger partial charge in [0.1, 0.15) is 46.4 Å². The maximum absolute atomic E-state index is 15.4. The lowest BCUT2D eigenvalue weighted by molar-refractivity contribution is 0.122. The Labute approximate surface area is 482 Å². The number of fused-ring (bicyclic) bond motifs is 2. The molecule has 0 spiro atoms. The largest absolute Gasteiger partial charge is 0.508 e. The fourth-order valence-corrected chi connectivity index (χ4v) is 9.85. The van der Waals surface area contributed by atoms with Crippen LogP contribution in [0.15, 0.2) is 146 Å². The molecule has 16 nitrogen and oxygen atoms in total. The third-order valence-corrected chi connectivity index (χ3v) is 14.5. The fourth-order valence-electron chi connectivity index (χ4n) is 9.42. The van der Waals surface area contributed by atoms with E-state index in [9.17, 15) is 13.9 Å². The summed E-state index contributed by atoms with van der Waals surface area (Å²) in [5.74, 6) is -0.961. The molecule has 416 valence electrons. The van der Waals surface area contributed by atoms with Crippen LogP contribution in [0.4, 0.5) is 51.9 Å². The van der Waals surface area contributed by atoms with Crippen LogP contribution < -0.4 is 25.9 Å². The van der Waals surface area contributed by atoms with E-state index in [2.05, 4.69) is 67.9 Å². The summed E-state index contributed by atoms with van der Waals surface area (Å²) < 4.78 is 70.6. The van der Waals surface area contributed by atoms with Crippen LogP contribution in [-0.4, -0.2) is 110 Å². The summed E-state index contributed by atoms with van der Waals surface area (Å²) in [6.45, 7) is 9.09. The zero-order chi connectivity index (χ0) is 57.4. The summed E-state index contributed by atoms with van der Waals surface area (Å²) in [6, 6.07) is 31.5. The zero-order valence-electron chi connectivity index (χ0n) is 44.2. The maximum atomic E-state index is 15.4. The highest BCUT2D eigenvalue weighted by atomic mass is 127. The van der Waals surface area contributed by atoms with Gasteiger partial charge in [-0.3, -0.25) is 9.97 Å². The van der Waals surface area contributed by atoms with E-state index in [1.54, 1.807) is 55.1 Å². The highest BCUT2D eigenvalue weighted by Crippen LogP contribution is 2.41. The van der Waals surface area contributed by atoms with E-state index in [1.807, 2.05) is 56.3 Å². The van der Waals surface area contributed by atoms with Crippen LogP contribution in [0.3, 0.4) is 0 Å². The third-order valence-electron chi connectivity index (χ3n) is 13.6. The molecule has 0 saturated carbocycles. The van der Waals surface area contributed by atoms with Gasteiger partial charge in [0, 0.05) is 104 Å². The molecule has 2 fully saturated rings. The Hall–Kier alpha value is -8.55. The van der Waals surface area contributed by atoms with Gasteiger partial charge in [-0.15, -0.1) is 0 Å². The van der Waals surface area contributed by atoms with Crippen molar-refractivity contribution in [1.29, 1.82) is 0 Å². The van der Waals surface area contributed by atoms with Crippen LogP contribution >= 0.6 is 22.6 Å². The molecular formula is C60H52BF4IN10O6. The normalized spacial score (nSPS) is 13.2. The first-order valence-electron chi connectivity index (χ1n) is 25.9. The van der Waals surface area contributed by atoms with Crippen molar-refractivity contribution >= 4 is 91.4 Å². The second-order valence-electron chi connectivity index (χ2n) is 19.0.